The van der Waals surface area contributed by atoms with Gasteiger partial charge in [-0.25, -0.2) is 9.18 Å². The zero-order chi connectivity index (χ0) is 14.0. The normalized spacial score (nSPS) is 10.5. The Morgan fingerprint density at radius 3 is 2.63 bits per heavy atom. The number of ketones is 1. The summed E-state index contributed by atoms with van der Waals surface area (Å²) in [4.78, 5) is 27.5. The van der Waals surface area contributed by atoms with Crippen LogP contribution < -0.4 is 5.69 Å². The second-order valence-electron chi connectivity index (χ2n) is 4.31. The van der Waals surface area contributed by atoms with Gasteiger partial charge in [0, 0.05) is 11.4 Å². The van der Waals surface area contributed by atoms with E-state index in [0.29, 0.717) is 11.4 Å². The van der Waals surface area contributed by atoms with Gasteiger partial charge in [-0.3, -0.25) is 9.36 Å². The molecular formula is C14H13FN2O2. The topological polar surface area (TPSA) is 52.0 Å². The minimum absolute atomic E-state index is 0.0191. The number of carbonyl (C=O) groups is 1. The lowest BCUT2D eigenvalue weighted by Gasteiger charge is -2.09. The van der Waals surface area contributed by atoms with Gasteiger partial charge in [-0.2, -0.15) is 4.98 Å². The van der Waals surface area contributed by atoms with Crippen molar-refractivity contribution in [2.24, 2.45) is 0 Å². The molecule has 0 aliphatic heterocycles. The molecule has 0 saturated carbocycles. The number of carbonyl (C=O) groups excluding carboxylic acids is 1. The monoisotopic (exact) mass is 260 g/mol. The molecule has 19 heavy (non-hydrogen) atoms. The number of aromatic nitrogens is 2. The highest BCUT2D eigenvalue weighted by molar-refractivity contribution is 5.96. The summed E-state index contributed by atoms with van der Waals surface area (Å²) in [5, 5.41) is 0. The van der Waals surface area contributed by atoms with E-state index in [1.54, 1.807) is 26.0 Å². The first-order chi connectivity index (χ1) is 8.99. The maximum absolute atomic E-state index is 13.5. The van der Waals surface area contributed by atoms with Gasteiger partial charge in [-0.05, 0) is 32.0 Å². The fourth-order valence-corrected chi connectivity index (χ4v) is 1.88. The van der Waals surface area contributed by atoms with Gasteiger partial charge in [-0.15, -0.1) is 0 Å². The first-order valence-electron chi connectivity index (χ1n) is 5.82. The van der Waals surface area contributed by atoms with E-state index in [0.717, 1.165) is 0 Å². The number of rotatable bonds is 3. The molecule has 5 heteroatoms. The summed E-state index contributed by atoms with van der Waals surface area (Å²) in [6.07, 6.45) is 0. The number of Topliss-reactive ketones (excluding diaryl/α,β-unsaturated/α-hetero) is 1. The van der Waals surface area contributed by atoms with Crippen LogP contribution >= 0.6 is 0 Å². The van der Waals surface area contributed by atoms with Crippen LogP contribution in [0.5, 0.6) is 0 Å². The van der Waals surface area contributed by atoms with Gasteiger partial charge in [0.1, 0.15) is 5.82 Å². The maximum Gasteiger partial charge on any atom is 0.348 e. The van der Waals surface area contributed by atoms with E-state index >= 15 is 0 Å². The van der Waals surface area contributed by atoms with E-state index in [9.17, 15) is 14.0 Å². The molecule has 0 aliphatic carbocycles. The predicted octanol–water partition coefficient (Wildman–Crippen LogP) is 1.88. The molecule has 0 fully saturated rings. The average molecular weight is 260 g/mol. The zero-order valence-electron chi connectivity index (χ0n) is 10.7. The largest absolute Gasteiger partial charge is 0.348 e. The molecule has 98 valence electrons. The second-order valence-corrected chi connectivity index (χ2v) is 4.31. The second kappa shape index (κ2) is 5.14. The molecule has 2 aromatic rings. The van der Waals surface area contributed by atoms with E-state index in [1.165, 1.54) is 22.8 Å². The van der Waals surface area contributed by atoms with Crippen LogP contribution in [0.15, 0.2) is 35.1 Å². The molecule has 0 radical (unpaired) electrons. The third-order valence-corrected chi connectivity index (χ3v) is 2.82. The fourth-order valence-electron chi connectivity index (χ4n) is 1.88. The Labute approximate surface area is 109 Å². The Bertz CT molecular complexity index is 692. The van der Waals surface area contributed by atoms with Crippen LogP contribution in [-0.2, 0) is 6.54 Å². The van der Waals surface area contributed by atoms with Crippen LogP contribution in [0, 0.1) is 19.7 Å². The molecule has 0 saturated heterocycles. The lowest BCUT2D eigenvalue weighted by atomic mass is 10.1. The molecule has 0 unspecified atom stereocenters. The molecule has 0 amide bonds. The summed E-state index contributed by atoms with van der Waals surface area (Å²) in [6, 6.07) is 7.42. The molecule has 2 rings (SSSR count). The molecule has 0 atom stereocenters. The van der Waals surface area contributed by atoms with Crippen molar-refractivity contribution in [3.8, 4) is 0 Å². The highest BCUT2D eigenvalue weighted by atomic mass is 19.1. The Hall–Kier alpha value is -2.30. The smallest absolute Gasteiger partial charge is 0.292 e. The fraction of sp³-hybridized carbons (Fsp3) is 0.214. The minimum atomic E-state index is -0.585. The van der Waals surface area contributed by atoms with Crippen molar-refractivity contribution >= 4 is 5.78 Å². The third kappa shape index (κ3) is 2.76. The Morgan fingerprint density at radius 2 is 2.00 bits per heavy atom. The lowest BCUT2D eigenvalue weighted by molar-refractivity contribution is 0.0965. The molecule has 4 nitrogen and oxygen atoms in total. The van der Waals surface area contributed by atoms with Gasteiger partial charge in [0.25, 0.3) is 0 Å². The third-order valence-electron chi connectivity index (χ3n) is 2.82. The summed E-state index contributed by atoms with van der Waals surface area (Å²) in [5.41, 5.74) is 0.704. The van der Waals surface area contributed by atoms with Crippen LogP contribution in [-0.4, -0.2) is 15.3 Å². The summed E-state index contributed by atoms with van der Waals surface area (Å²) in [6.45, 7) is 3.21. The summed E-state index contributed by atoms with van der Waals surface area (Å²) < 4.78 is 14.7. The number of aryl methyl sites for hydroxylation is 2. The molecular weight excluding hydrogens is 247 g/mol. The average Bonchev–Trinajstić information content (AvgIpc) is 2.34. The highest BCUT2D eigenvalue weighted by Gasteiger charge is 2.13. The number of hydrogen-bond donors (Lipinski definition) is 0. The highest BCUT2D eigenvalue weighted by Crippen LogP contribution is 2.08. The molecule has 1 aromatic carbocycles. The van der Waals surface area contributed by atoms with Crippen LogP contribution in [0.4, 0.5) is 4.39 Å². The van der Waals surface area contributed by atoms with Crippen molar-refractivity contribution in [3.63, 3.8) is 0 Å². The number of nitrogens with zero attached hydrogens (tertiary/aromatic N) is 2. The van der Waals surface area contributed by atoms with Gasteiger partial charge in [0.2, 0.25) is 0 Å². The van der Waals surface area contributed by atoms with Crippen molar-refractivity contribution in [1.82, 2.24) is 9.55 Å². The van der Waals surface area contributed by atoms with Crippen molar-refractivity contribution < 1.29 is 9.18 Å². The van der Waals surface area contributed by atoms with Gasteiger partial charge in [0.05, 0.1) is 12.1 Å². The van der Waals surface area contributed by atoms with E-state index in [4.69, 9.17) is 0 Å². The summed E-state index contributed by atoms with van der Waals surface area (Å²) in [5.74, 6) is -1.03. The molecule has 0 aliphatic rings. The Kier molecular flexibility index (Phi) is 3.55. The predicted molar refractivity (Wildman–Crippen MR) is 68.7 cm³/mol. The van der Waals surface area contributed by atoms with E-state index < -0.39 is 17.3 Å². The minimum Gasteiger partial charge on any atom is -0.292 e. The van der Waals surface area contributed by atoms with Crippen LogP contribution in [0.3, 0.4) is 0 Å². The van der Waals surface area contributed by atoms with Gasteiger partial charge < -0.3 is 0 Å². The standard InChI is InChI=1S/C14H13FN2O2/c1-9-7-10(2)17(14(19)16-9)8-13(18)11-5-3-4-6-12(11)15/h3-7H,8H2,1-2H3. The maximum atomic E-state index is 13.5. The SMILES string of the molecule is Cc1cc(C)n(CC(=O)c2ccccc2F)c(=O)n1. The van der Waals surface area contributed by atoms with Crippen molar-refractivity contribution in [2.75, 3.05) is 0 Å². The zero-order valence-corrected chi connectivity index (χ0v) is 10.7. The van der Waals surface area contributed by atoms with E-state index in [2.05, 4.69) is 4.98 Å². The number of hydrogen-bond acceptors (Lipinski definition) is 3. The quantitative estimate of drug-likeness (QED) is 0.792. The molecule has 1 heterocycles. The van der Waals surface area contributed by atoms with Crippen LogP contribution in [0.2, 0.25) is 0 Å². The van der Waals surface area contributed by atoms with Crippen LogP contribution in [0.25, 0.3) is 0 Å². The van der Waals surface area contributed by atoms with Crippen molar-refractivity contribution in [1.29, 1.82) is 0 Å². The molecule has 1 aromatic heterocycles. The van der Waals surface area contributed by atoms with E-state index in [-0.39, 0.29) is 12.1 Å². The van der Waals surface area contributed by atoms with Gasteiger partial charge in [-0.1, -0.05) is 12.1 Å². The first-order valence-corrected chi connectivity index (χ1v) is 5.82. The summed E-state index contributed by atoms with van der Waals surface area (Å²) in [7, 11) is 0. The first kappa shape index (κ1) is 13.1. The Balaban J connectivity index is 2.35. The molecule has 0 bridgehead atoms. The summed E-state index contributed by atoms with van der Waals surface area (Å²) >= 11 is 0. The van der Waals surface area contributed by atoms with Gasteiger partial charge in [0.15, 0.2) is 5.78 Å². The van der Waals surface area contributed by atoms with Crippen molar-refractivity contribution in [2.45, 2.75) is 20.4 Å². The Morgan fingerprint density at radius 1 is 1.32 bits per heavy atom. The van der Waals surface area contributed by atoms with Crippen LogP contribution in [0.1, 0.15) is 21.7 Å². The molecule has 0 spiro atoms. The van der Waals surface area contributed by atoms with E-state index in [1.807, 2.05) is 0 Å². The van der Waals surface area contributed by atoms with Gasteiger partial charge >= 0.3 is 5.69 Å². The number of benzene rings is 1. The van der Waals surface area contributed by atoms with Crippen molar-refractivity contribution in [3.05, 3.63) is 63.6 Å². The lowest BCUT2D eigenvalue weighted by Crippen LogP contribution is -2.29. The molecule has 0 N–H and O–H groups in total. The number of halogens is 1.